The summed E-state index contributed by atoms with van der Waals surface area (Å²) in [6.45, 7) is 3.90. The summed E-state index contributed by atoms with van der Waals surface area (Å²) in [5.74, 6) is -2.34. The smallest absolute Gasteiger partial charge is 0.258 e. The van der Waals surface area contributed by atoms with Gasteiger partial charge in [-0.05, 0) is 50.2 Å². The molecule has 3 heterocycles. The third kappa shape index (κ3) is 3.44. The van der Waals surface area contributed by atoms with Crippen LogP contribution >= 0.6 is 0 Å². The van der Waals surface area contributed by atoms with Crippen molar-refractivity contribution in [2.24, 2.45) is 11.8 Å². The van der Waals surface area contributed by atoms with Gasteiger partial charge in [0.05, 0.1) is 18.0 Å². The van der Waals surface area contributed by atoms with Crippen molar-refractivity contribution in [2.75, 3.05) is 13.2 Å². The van der Waals surface area contributed by atoms with Crippen molar-refractivity contribution in [3.05, 3.63) is 75.5 Å². The van der Waals surface area contributed by atoms with E-state index in [1.807, 2.05) is 6.92 Å². The second-order valence-electron chi connectivity index (χ2n) is 8.13. The summed E-state index contributed by atoms with van der Waals surface area (Å²) in [5.41, 5.74) is 1.17. The van der Waals surface area contributed by atoms with Gasteiger partial charge in [0.2, 0.25) is 5.91 Å². The summed E-state index contributed by atoms with van der Waals surface area (Å²) in [6, 6.07) is 7.43. The fraction of sp³-hybridized carbons (Fsp3) is 0.375. The number of nitrogens with zero attached hydrogens (tertiary/aromatic N) is 2. The van der Waals surface area contributed by atoms with Gasteiger partial charge in [-0.3, -0.25) is 14.4 Å². The molecule has 0 spiro atoms. The average molecular weight is 439 g/mol. The molecule has 1 aromatic carbocycles. The average Bonchev–Trinajstić information content (AvgIpc) is 3.02. The Morgan fingerprint density at radius 3 is 2.56 bits per heavy atom. The molecule has 2 aliphatic rings. The van der Waals surface area contributed by atoms with Gasteiger partial charge in [0.15, 0.2) is 0 Å². The van der Waals surface area contributed by atoms with Crippen LogP contribution in [0.4, 0.5) is 4.39 Å². The van der Waals surface area contributed by atoms with Gasteiger partial charge in [0.1, 0.15) is 5.82 Å². The number of hydrogen-bond donors (Lipinski definition) is 2. The predicted octanol–water partition coefficient (Wildman–Crippen LogP) is 1.96. The number of carbonyl (C=O) groups excluding carboxylic acids is 2. The van der Waals surface area contributed by atoms with Gasteiger partial charge >= 0.3 is 0 Å². The van der Waals surface area contributed by atoms with Crippen LogP contribution in [0.25, 0.3) is 6.08 Å². The zero-order valence-electron chi connectivity index (χ0n) is 18.0. The summed E-state index contributed by atoms with van der Waals surface area (Å²) < 4.78 is 15.0. The molecular weight excluding hydrogens is 413 g/mol. The number of rotatable bonds is 5. The third-order valence-corrected chi connectivity index (χ3v) is 6.40. The lowest BCUT2D eigenvalue weighted by atomic mass is 9.86. The van der Waals surface area contributed by atoms with Crippen LogP contribution in [0, 0.1) is 17.7 Å². The Kier molecular flexibility index (Phi) is 5.97. The first-order valence-corrected chi connectivity index (χ1v) is 10.8. The first-order valence-electron chi connectivity index (χ1n) is 10.8. The fourth-order valence-electron chi connectivity index (χ4n) is 5.04. The predicted molar refractivity (Wildman–Crippen MR) is 117 cm³/mol. The van der Waals surface area contributed by atoms with Crippen molar-refractivity contribution in [1.82, 2.24) is 14.8 Å². The maximum atomic E-state index is 13.5. The van der Waals surface area contributed by atoms with E-state index in [0.717, 1.165) is 0 Å². The van der Waals surface area contributed by atoms with Crippen molar-refractivity contribution in [3.8, 4) is 0 Å². The van der Waals surface area contributed by atoms with Crippen LogP contribution in [0.5, 0.6) is 0 Å². The molecule has 7 nitrogen and oxygen atoms in total. The van der Waals surface area contributed by atoms with Crippen LogP contribution in [-0.4, -0.2) is 45.6 Å². The first kappa shape index (κ1) is 22.0. The van der Waals surface area contributed by atoms with E-state index < -0.39 is 29.7 Å². The van der Waals surface area contributed by atoms with Crippen molar-refractivity contribution in [1.29, 1.82) is 0 Å². The van der Waals surface area contributed by atoms with Gasteiger partial charge in [-0.25, -0.2) is 4.39 Å². The lowest BCUT2D eigenvalue weighted by molar-refractivity contribution is -0.127. The second-order valence-corrected chi connectivity index (χ2v) is 8.13. The number of aliphatic hydroxyl groups excluding tert-OH is 1. The lowest BCUT2D eigenvalue weighted by Gasteiger charge is -2.38. The van der Waals surface area contributed by atoms with Gasteiger partial charge in [0.25, 0.3) is 11.5 Å². The molecule has 2 bridgehead atoms. The number of aliphatic hydroxyl groups is 1. The van der Waals surface area contributed by atoms with Crippen LogP contribution in [-0.2, 0) is 11.3 Å². The standard InChI is InChI=1S/C24H26FN3O4/c1-3-5-14-8-11-18-21-20(22(30)26-4-2)17(13-29)19(12-27(18)23(14)31)28(21)24(32)15-6-9-16(25)10-7-15/h3,5-11,17,19-21,29H,4,12-13H2,1-2H3,(H,26,30)/b5-3-/t17-,19-,20+,21+/m0/s1. The number of amides is 2. The van der Waals surface area contributed by atoms with E-state index in [1.165, 1.54) is 24.3 Å². The summed E-state index contributed by atoms with van der Waals surface area (Å²) in [5, 5.41) is 13.0. The molecule has 4 atom stereocenters. The maximum absolute atomic E-state index is 13.5. The molecule has 0 radical (unpaired) electrons. The Morgan fingerprint density at radius 1 is 1.22 bits per heavy atom. The molecule has 32 heavy (non-hydrogen) atoms. The molecule has 1 fully saturated rings. The van der Waals surface area contributed by atoms with E-state index in [1.54, 1.807) is 40.7 Å². The monoisotopic (exact) mass is 439 g/mol. The summed E-state index contributed by atoms with van der Waals surface area (Å²) >= 11 is 0. The number of benzene rings is 1. The van der Waals surface area contributed by atoms with E-state index in [0.29, 0.717) is 17.8 Å². The number of halogens is 1. The summed E-state index contributed by atoms with van der Waals surface area (Å²) in [7, 11) is 0. The van der Waals surface area contributed by atoms with E-state index in [9.17, 15) is 23.9 Å². The van der Waals surface area contributed by atoms with Crippen LogP contribution in [0.2, 0.25) is 0 Å². The largest absolute Gasteiger partial charge is 0.396 e. The molecule has 1 aromatic heterocycles. The first-order chi connectivity index (χ1) is 15.4. The van der Waals surface area contributed by atoms with E-state index in [-0.39, 0.29) is 36.1 Å². The molecule has 2 aliphatic heterocycles. The third-order valence-electron chi connectivity index (χ3n) is 6.40. The molecule has 2 amide bonds. The minimum Gasteiger partial charge on any atom is -0.396 e. The van der Waals surface area contributed by atoms with E-state index in [4.69, 9.17) is 0 Å². The highest BCUT2D eigenvalue weighted by atomic mass is 19.1. The van der Waals surface area contributed by atoms with Gasteiger partial charge in [-0.15, -0.1) is 0 Å². The number of carbonyl (C=O) groups is 2. The molecule has 2 N–H and O–H groups in total. The number of nitrogens with one attached hydrogen (secondary N) is 1. The van der Waals surface area contributed by atoms with Crippen molar-refractivity contribution in [3.63, 3.8) is 0 Å². The number of hydrogen-bond acceptors (Lipinski definition) is 4. The molecule has 4 rings (SSSR count). The van der Waals surface area contributed by atoms with Crippen molar-refractivity contribution < 1.29 is 19.1 Å². The van der Waals surface area contributed by atoms with Crippen LogP contribution in [0.3, 0.4) is 0 Å². The normalized spacial score (nSPS) is 23.9. The highest BCUT2D eigenvalue weighted by Crippen LogP contribution is 2.48. The molecule has 0 unspecified atom stereocenters. The molecule has 1 saturated heterocycles. The Balaban J connectivity index is 1.88. The zero-order chi connectivity index (χ0) is 23.0. The Morgan fingerprint density at radius 2 is 1.94 bits per heavy atom. The van der Waals surface area contributed by atoms with Gasteiger partial charge < -0.3 is 19.9 Å². The van der Waals surface area contributed by atoms with Crippen LogP contribution in [0.1, 0.15) is 41.5 Å². The lowest BCUT2D eigenvalue weighted by Crippen LogP contribution is -2.49. The number of aromatic nitrogens is 1. The van der Waals surface area contributed by atoms with E-state index >= 15 is 0 Å². The molecule has 168 valence electrons. The van der Waals surface area contributed by atoms with Crippen molar-refractivity contribution >= 4 is 17.9 Å². The van der Waals surface area contributed by atoms with Crippen molar-refractivity contribution in [2.45, 2.75) is 32.5 Å². The molecule has 8 heteroatoms. The zero-order valence-corrected chi connectivity index (χ0v) is 18.0. The van der Waals surface area contributed by atoms with Gasteiger partial charge in [-0.2, -0.15) is 0 Å². The maximum Gasteiger partial charge on any atom is 0.258 e. The minimum absolute atomic E-state index is 0.171. The quantitative estimate of drug-likeness (QED) is 0.745. The Hall–Kier alpha value is -3.26. The highest BCUT2D eigenvalue weighted by Gasteiger charge is 2.57. The molecular formula is C24H26FN3O4. The van der Waals surface area contributed by atoms with Gasteiger partial charge in [0, 0.05) is 42.4 Å². The highest BCUT2D eigenvalue weighted by molar-refractivity contribution is 5.96. The fourth-order valence-corrected chi connectivity index (χ4v) is 5.04. The Bertz CT molecular complexity index is 1130. The second kappa shape index (κ2) is 8.70. The van der Waals surface area contributed by atoms with Crippen LogP contribution < -0.4 is 10.9 Å². The number of fused-ring (bicyclic) bond motifs is 4. The Labute approximate surface area is 185 Å². The summed E-state index contributed by atoms with van der Waals surface area (Å²) in [4.78, 5) is 41.3. The van der Waals surface area contributed by atoms with Gasteiger partial charge in [-0.1, -0.05) is 12.2 Å². The van der Waals surface area contributed by atoms with Crippen LogP contribution in [0.15, 0.2) is 47.3 Å². The topological polar surface area (TPSA) is 91.6 Å². The molecule has 2 aromatic rings. The number of pyridine rings is 1. The molecule has 0 aliphatic carbocycles. The SMILES string of the molecule is C/C=C\c1ccc2n(c1=O)C[C@H]1[C@H](CO)[C@@H](C(=O)NCC)[C@@H]2N1C(=O)c1ccc(F)cc1. The number of allylic oxidation sites excluding steroid dienone is 1. The van der Waals surface area contributed by atoms with E-state index in [2.05, 4.69) is 5.32 Å². The summed E-state index contributed by atoms with van der Waals surface area (Å²) in [6.07, 6.45) is 3.50. The molecule has 0 saturated carbocycles. The minimum atomic E-state index is -0.720.